The average Bonchev–Trinajstić information content (AvgIpc) is 2.59. The van der Waals surface area contributed by atoms with E-state index in [1.54, 1.807) is 17.7 Å². The molecule has 1 fully saturated rings. The van der Waals surface area contributed by atoms with Crippen LogP contribution in [-0.4, -0.2) is 18.4 Å². The van der Waals surface area contributed by atoms with Crippen molar-refractivity contribution < 1.29 is 4.79 Å². The number of aromatic nitrogens is 1. The molecule has 5 heteroatoms. The van der Waals surface area contributed by atoms with Gasteiger partial charge in [0.1, 0.15) is 0 Å². The Kier molecular flexibility index (Phi) is 2.41. The van der Waals surface area contributed by atoms with Crippen molar-refractivity contribution in [1.82, 2.24) is 10.3 Å². The highest BCUT2D eigenvalue weighted by atomic mass is 32.1. The third-order valence-electron chi connectivity index (χ3n) is 2.71. The molecule has 1 aromatic heterocycles. The van der Waals surface area contributed by atoms with Crippen molar-refractivity contribution in [2.45, 2.75) is 24.8 Å². The minimum atomic E-state index is -0.229. The standard InChI is InChI=1S/C9H12N3OS/c1-10-8-12-7(5-14-8)9(11-6-13)3-2-4-9/h5H,2-4H2,1H3,(H,10,12)(H,11,13). The monoisotopic (exact) mass is 210 g/mol. The Morgan fingerprint density at radius 1 is 1.64 bits per heavy atom. The van der Waals surface area contributed by atoms with Crippen LogP contribution >= 0.6 is 11.3 Å². The highest BCUT2D eigenvalue weighted by Crippen LogP contribution is 2.41. The molecule has 0 bridgehead atoms. The molecule has 0 spiro atoms. The minimum absolute atomic E-state index is 0.229. The van der Waals surface area contributed by atoms with Crippen molar-refractivity contribution in [3.8, 4) is 0 Å². The van der Waals surface area contributed by atoms with Crippen molar-refractivity contribution in [3.63, 3.8) is 0 Å². The lowest BCUT2D eigenvalue weighted by molar-refractivity contribution is 0.212. The van der Waals surface area contributed by atoms with Gasteiger partial charge in [-0.1, -0.05) is 0 Å². The fourth-order valence-electron chi connectivity index (χ4n) is 1.68. The van der Waals surface area contributed by atoms with Crippen LogP contribution in [0.1, 0.15) is 25.0 Å². The van der Waals surface area contributed by atoms with E-state index >= 15 is 0 Å². The molecule has 75 valence electrons. The van der Waals surface area contributed by atoms with Crippen LogP contribution in [0.25, 0.3) is 0 Å². The van der Waals surface area contributed by atoms with Crippen LogP contribution in [-0.2, 0) is 10.3 Å². The number of nitrogens with one attached hydrogen (secondary N) is 2. The summed E-state index contributed by atoms with van der Waals surface area (Å²) < 4.78 is 0. The largest absolute Gasteiger partial charge is 0.365 e. The molecule has 4 nitrogen and oxygen atoms in total. The number of carbonyl (C=O) groups excluding carboxylic acids is 1. The quantitative estimate of drug-likeness (QED) is 0.735. The molecule has 1 aromatic rings. The Labute approximate surface area is 86.7 Å². The predicted molar refractivity (Wildman–Crippen MR) is 56.0 cm³/mol. The lowest BCUT2D eigenvalue weighted by atomic mass is 9.75. The molecule has 1 heterocycles. The van der Waals surface area contributed by atoms with Gasteiger partial charge in [0.15, 0.2) is 5.13 Å². The van der Waals surface area contributed by atoms with E-state index in [2.05, 4.69) is 15.6 Å². The summed E-state index contributed by atoms with van der Waals surface area (Å²) in [5, 5.41) is 8.63. The molecule has 0 saturated heterocycles. The van der Waals surface area contributed by atoms with Crippen molar-refractivity contribution in [1.29, 1.82) is 0 Å². The number of hydrogen-bond acceptors (Lipinski definition) is 4. The highest BCUT2D eigenvalue weighted by Gasteiger charge is 2.40. The lowest BCUT2D eigenvalue weighted by Crippen LogP contribution is -2.47. The summed E-state index contributed by atoms with van der Waals surface area (Å²) in [7, 11) is 1.84. The maximum atomic E-state index is 10.4. The average molecular weight is 210 g/mol. The van der Waals surface area contributed by atoms with Crippen LogP contribution in [0.5, 0.6) is 0 Å². The molecular weight excluding hydrogens is 198 g/mol. The SMILES string of the molecule is CNc1nc(C2(N[C]=O)CCC2)cs1. The summed E-state index contributed by atoms with van der Waals surface area (Å²) in [5.74, 6) is 0. The fourth-order valence-corrected chi connectivity index (χ4v) is 2.45. The molecule has 0 aliphatic heterocycles. The third-order valence-corrected chi connectivity index (χ3v) is 3.57. The van der Waals surface area contributed by atoms with E-state index in [0.717, 1.165) is 30.1 Å². The molecule has 1 radical (unpaired) electrons. The Bertz CT molecular complexity index is 333. The van der Waals surface area contributed by atoms with Gasteiger partial charge in [-0.05, 0) is 19.3 Å². The summed E-state index contributed by atoms with van der Waals surface area (Å²) in [6, 6.07) is 0. The molecule has 0 atom stereocenters. The van der Waals surface area contributed by atoms with Crippen LogP contribution < -0.4 is 10.6 Å². The Balaban J connectivity index is 2.22. The van der Waals surface area contributed by atoms with Gasteiger partial charge in [-0.2, -0.15) is 0 Å². The maximum absolute atomic E-state index is 10.4. The molecule has 1 aliphatic rings. The van der Waals surface area contributed by atoms with E-state index in [9.17, 15) is 4.79 Å². The zero-order valence-electron chi connectivity index (χ0n) is 7.96. The Morgan fingerprint density at radius 2 is 2.43 bits per heavy atom. The van der Waals surface area contributed by atoms with Crippen LogP contribution in [0.3, 0.4) is 0 Å². The molecule has 2 rings (SSSR count). The van der Waals surface area contributed by atoms with E-state index in [1.165, 1.54) is 0 Å². The third kappa shape index (κ3) is 1.37. The number of amides is 1. The zero-order chi connectivity index (χ0) is 10.0. The van der Waals surface area contributed by atoms with Gasteiger partial charge in [0, 0.05) is 12.4 Å². The van der Waals surface area contributed by atoms with E-state index in [0.29, 0.717) is 0 Å². The second-order valence-electron chi connectivity index (χ2n) is 3.45. The minimum Gasteiger partial charge on any atom is -0.365 e. The first-order chi connectivity index (χ1) is 6.80. The molecule has 14 heavy (non-hydrogen) atoms. The summed E-state index contributed by atoms with van der Waals surface area (Å²) in [4.78, 5) is 14.8. The fraction of sp³-hybridized carbons (Fsp3) is 0.556. The van der Waals surface area contributed by atoms with E-state index in [-0.39, 0.29) is 5.54 Å². The first-order valence-electron chi connectivity index (χ1n) is 4.59. The molecule has 1 saturated carbocycles. The van der Waals surface area contributed by atoms with Crippen molar-refractivity contribution in [3.05, 3.63) is 11.1 Å². The van der Waals surface area contributed by atoms with Crippen LogP contribution in [0, 0.1) is 0 Å². The summed E-state index contributed by atoms with van der Waals surface area (Å²) in [6.07, 6.45) is 4.86. The number of rotatable bonds is 4. The van der Waals surface area contributed by atoms with Crippen LogP contribution in [0.4, 0.5) is 5.13 Å². The number of nitrogens with zero attached hydrogens (tertiary/aromatic N) is 1. The first kappa shape index (κ1) is 9.45. The molecular formula is C9H12N3OS. The molecule has 2 N–H and O–H groups in total. The van der Waals surface area contributed by atoms with E-state index in [1.807, 2.05) is 12.4 Å². The number of thiazole rings is 1. The lowest BCUT2D eigenvalue weighted by Gasteiger charge is -2.39. The molecule has 0 aromatic carbocycles. The Hall–Kier alpha value is -1.10. The smallest absolute Gasteiger partial charge is 0.310 e. The highest BCUT2D eigenvalue weighted by molar-refractivity contribution is 7.13. The van der Waals surface area contributed by atoms with Gasteiger partial charge in [-0.25, -0.2) is 4.98 Å². The van der Waals surface area contributed by atoms with Crippen LogP contribution in [0.15, 0.2) is 5.38 Å². The summed E-state index contributed by atoms with van der Waals surface area (Å²) in [5.41, 5.74) is 0.731. The van der Waals surface area contributed by atoms with Crippen molar-refractivity contribution in [2.75, 3.05) is 12.4 Å². The number of hydrogen-bond donors (Lipinski definition) is 2. The topological polar surface area (TPSA) is 54.0 Å². The second-order valence-corrected chi connectivity index (χ2v) is 4.31. The normalized spacial score (nSPS) is 18.4. The van der Waals surface area contributed by atoms with Gasteiger partial charge in [0.25, 0.3) is 0 Å². The van der Waals surface area contributed by atoms with Crippen molar-refractivity contribution >= 4 is 22.9 Å². The molecule has 1 amide bonds. The van der Waals surface area contributed by atoms with E-state index < -0.39 is 0 Å². The van der Waals surface area contributed by atoms with Gasteiger partial charge in [-0.15, -0.1) is 11.3 Å². The summed E-state index contributed by atoms with van der Waals surface area (Å²) >= 11 is 1.56. The second kappa shape index (κ2) is 3.57. The van der Waals surface area contributed by atoms with Gasteiger partial charge in [-0.3, -0.25) is 4.79 Å². The first-order valence-corrected chi connectivity index (χ1v) is 5.47. The van der Waals surface area contributed by atoms with Gasteiger partial charge >= 0.3 is 6.41 Å². The van der Waals surface area contributed by atoms with E-state index in [4.69, 9.17) is 0 Å². The zero-order valence-corrected chi connectivity index (χ0v) is 8.78. The van der Waals surface area contributed by atoms with Crippen molar-refractivity contribution in [2.24, 2.45) is 0 Å². The molecule has 1 aliphatic carbocycles. The molecule has 0 unspecified atom stereocenters. The maximum Gasteiger partial charge on any atom is 0.310 e. The van der Waals surface area contributed by atoms with Gasteiger partial charge < -0.3 is 10.6 Å². The van der Waals surface area contributed by atoms with Crippen LogP contribution in [0.2, 0.25) is 0 Å². The Morgan fingerprint density at radius 3 is 2.86 bits per heavy atom. The predicted octanol–water partition coefficient (Wildman–Crippen LogP) is 1.22. The summed E-state index contributed by atoms with van der Waals surface area (Å²) in [6.45, 7) is 0. The number of anilines is 1. The van der Waals surface area contributed by atoms with Gasteiger partial charge in [0.2, 0.25) is 0 Å². The van der Waals surface area contributed by atoms with Gasteiger partial charge in [0.05, 0.1) is 11.2 Å².